The lowest BCUT2D eigenvalue weighted by atomic mass is 9.87. The lowest BCUT2D eigenvalue weighted by molar-refractivity contribution is -0.142. The Hall–Kier alpha value is -0.570. The smallest absolute Gasteiger partial charge is 0.308 e. The van der Waals surface area contributed by atoms with Crippen molar-refractivity contribution in [3.8, 4) is 0 Å². The van der Waals surface area contributed by atoms with Gasteiger partial charge in [-0.15, -0.1) is 0 Å². The van der Waals surface area contributed by atoms with E-state index in [0.29, 0.717) is 0 Å². The van der Waals surface area contributed by atoms with E-state index < -0.39 is 5.97 Å². The summed E-state index contributed by atoms with van der Waals surface area (Å²) >= 11 is 0. The predicted molar refractivity (Wildman–Crippen MR) is 46.8 cm³/mol. The maximum Gasteiger partial charge on any atom is 0.308 e. The van der Waals surface area contributed by atoms with Gasteiger partial charge in [0.05, 0.1) is 5.92 Å². The van der Waals surface area contributed by atoms with Crippen LogP contribution in [0.15, 0.2) is 0 Å². The normalized spacial score (nSPS) is 32.1. The molecule has 1 saturated carbocycles. The highest BCUT2D eigenvalue weighted by atomic mass is 16.4. The first kappa shape index (κ1) is 9.52. The van der Waals surface area contributed by atoms with E-state index >= 15 is 0 Å². The highest BCUT2D eigenvalue weighted by Crippen LogP contribution is 2.21. The van der Waals surface area contributed by atoms with Crippen LogP contribution in [0, 0.1) is 5.92 Å². The fourth-order valence-corrected chi connectivity index (χ4v) is 1.82. The Morgan fingerprint density at radius 1 is 1.17 bits per heavy atom. The summed E-state index contributed by atoms with van der Waals surface area (Å²) in [6, 6.07) is -0.122. The Balaban J connectivity index is 2.48. The number of carboxylic acid groups (broad SMARTS) is 1. The van der Waals surface area contributed by atoms with Crippen LogP contribution in [0.4, 0.5) is 0 Å². The maximum atomic E-state index is 10.7. The zero-order valence-corrected chi connectivity index (χ0v) is 7.33. The third-order valence-electron chi connectivity index (χ3n) is 2.64. The van der Waals surface area contributed by atoms with Crippen LogP contribution in [0.5, 0.6) is 0 Å². The van der Waals surface area contributed by atoms with Gasteiger partial charge in [-0.25, -0.2) is 0 Å². The lowest BCUT2D eigenvalue weighted by Crippen LogP contribution is -2.36. The molecule has 0 unspecified atom stereocenters. The molecule has 0 radical (unpaired) electrons. The Labute approximate surface area is 72.9 Å². The molecule has 1 aliphatic rings. The largest absolute Gasteiger partial charge is 0.481 e. The second-order valence-electron chi connectivity index (χ2n) is 3.60. The fraction of sp³-hybridized carbons (Fsp3) is 0.889. The van der Waals surface area contributed by atoms with E-state index in [0.717, 1.165) is 32.1 Å². The van der Waals surface area contributed by atoms with Crippen molar-refractivity contribution in [2.45, 2.75) is 44.6 Å². The molecule has 1 rings (SSSR count). The molecular weight excluding hydrogens is 154 g/mol. The van der Waals surface area contributed by atoms with Gasteiger partial charge < -0.3 is 10.8 Å². The number of carbonyl (C=O) groups is 1. The summed E-state index contributed by atoms with van der Waals surface area (Å²) in [5, 5.41) is 8.85. The van der Waals surface area contributed by atoms with Crippen molar-refractivity contribution >= 4 is 5.97 Å². The van der Waals surface area contributed by atoms with Gasteiger partial charge >= 0.3 is 5.97 Å². The Bertz CT molecular complexity index is 159. The summed E-state index contributed by atoms with van der Waals surface area (Å²) in [5.41, 5.74) is 5.77. The number of hydrogen-bond acceptors (Lipinski definition) is 2. The van der Waals surface area contributed by atoms with Crippen LogP contribution < -0.4 is 5.73 Å². The van der Waals surface area contributed by atoms with E-state index in [1.165, 1.54) is 6.42 Å². The molecule has 0 aromatic rings. The van der Waals surface area contributed by atoms with E-state index in [-0.39, 0.29) is 12.0 Å². The van der Waals surface area contributed by atoms with Gasteiger partial charge in [-0.2, -0.15) is 0 Å². The zero-order valence-electron chi connectivity index (χ0n) is 7.33. The van der Waals surface area contributed by atoms with E-state index in [1.54, 1.807) is 0 Å². The minimum atomic E-state index is -0.718. The molecule has 3 nitrogen and oxygen atoms in total. The molecule has 0 heterocycles. The molecule has 3 N–H and O–H groups in total. The zero-order chi connectivity index (χ0) is 8.97. The number of hydrogen-bond donors (Lipinski definition) is 2. The van der Waals surface area contributed by atoms with Crippen molar-refractivity contribution in [1.29, 1.82) is 0 Å². The van der Waals surface area contributed by atoms with Crippen molar-refractivity contribution < 1.29 is 9.90 Å². The van der Waals surface area contributed by atoms with Crippen LogP contribution in [0.25, 0.3) is 0 Å². The summed E-state index contributed by atoms with van der Waals surface area (Å²) in [6.45, 7) is 0. The Morgan fingerprint density at radius 2 is 1.75 bits per heavy atom. The molecular formula is C9H17NO2. The van der Waals surface area contributed by atoms with E-state index in [1.807, 2.05) is 0 Å². The summed E-state index contributed by atoms with van der Waals surface area (Å²) < 4.78 is 0. The molecule has 0 spiro atoms. The highest BCUT2D eigenvalue weighted by Gasteiger charge is 2.25. The van der Waals surface area contributed by atoms with Crippen molar-refractivity contribution in [2.75, 3.05) is 0 Å². The predicted octanol–water partition coefficient (Wildman–Crippen LogP) is 1.37. The molecule has 12 heavy (non-hydrogen) atoms. The van der Waals surface area contributed by atoms with Gasteiger partial charge in [-0.05, 0) is 12.8 Å². The molecule has 0 aliphatic heterocycles. The van der Waals surface area contributed by atoms with Crippen LogP contribution in [0.2, 0.25) is 0 Å². The van der Waals surface area contributed by atoms with E-state index in [4.69, 9.17) is 10.8 Å². The minimum absolute atomic E-state index is 0.122. The first-order chi connectivity index (χ1) is 5.72. The van der Waals surface area contributed by atoms with Crippen LogP contribution in [-0.4, -0.2) is 17.1 Å². The second kappa shape index (κ2) is 4.45. The highest BCUT2D eigenvalue weighted by molar-refractivity contribution is 5.70. The Morgan fingerprint density at radius 3 is 2.33 bits per heavy atom. The molecule has 0 aromatic carbocycles. The number of aliphatic carboxylic acids is 1. The average molecular weight is 171 g/mol. The number of carboxylic acids is 1. The van der Waals surface area contributed by atoms with Crippen LogP contribution in [0.3, 0.4) is 0 Å². The minimum Gasteiger partial charge on any atom is -0.481 e. The second-order valence-corrected chi connectivity index (χ2v) is 3.60. The average Bonchev–Trinajstić information content (AvgIpc) is 1.96. The first-order valence-electron chi connectivity index (χ1n) is 4.70. The van der Waals surface area contributed by atoms with Crippen molar-refractivity contribution in [3.05, 3.63) is 0 Å². The van der Waals surface area contributed by atoms with Crippen LogP contribution in [0.1, 0.15) is 38.5 Å². The molecule has 1 aliphatic carbocycles. The van der Waals surface area contributed by atoms with Gasteiger partial charge in [0.15, 0.2) is 0 Å². The van der Waals surface area contributed by atoms with Crippen molar-refractivity contribution in [1.82, 2.24) is 0 Å². The topological polar surface area (TPSA) is 63.3 Å². The molecule has 70 valence electrons. The molecule has 0 saturated heterocycles. The van der Waals surface area contributed by atoms with Gasteiger partial charge in [0, 0.05) is 6.04 Å². The quantitative estimate of drug-likeness (QED) is 0.626. The van der Waals surface area contributed by atoms with Gasteiger partial charge in [0.25, 0.3) is 0 Å². The van der Waals surface area contributed by atoms with Gasteiger partial charge in [-0.3, -0.25) is 4.79 Å². The first-order valence-corrected chi connectivity index (χ1v) is 4.70. The summed E-state index contributed by atoms with van der Waals surface area (Å²) in [7, 11) is 0. The molecule has 0 amide bonds. The molecule has 2 atom stereocenters. The fourth-order valence-electron chi connectivity index (χ4n) is 1.82. The molecule has 1 fully saturated rings. The van der Waals surface area contributed by atoms with Crippen LogP contribution in [-0.2, 0) is 4.79 Å². The van der Waals surface area contributed by atoms with E-state index in [2.05, 4.69) is 0 Å². The third-order valence-corrected chi connectivity index (χ3v) is 2.64. The molecule has 0 bridgehead atoms. The van der Waals surface area contributed by atoms with Crippen LogP contribution >= 0.6 is 0 Å². The SMILES string of the molecule is N[C@H]1CCCCCC[C@H]1C(=O)O. The number of nitrogens with two attached hydrogens (primary N) is 1. The van der Waals surface area contributed by atoms with Crippen molar-refractivity contribution in [3.63, 3.8) is 0 Å². The molecule has 3 heteroatoms. The standard InChI is InChI=1S/C9H17NO2/c10-8-6-4-2-1-3-5-7(8)9(11)12/h7-8H,1-6,10H2,(H,11,12)/t7-,8+/m1/s1. The van der Waals surface area contributed by atoms with Gasteiger partial charge in [-0.1, -0.05) is 25.7 Å². The molecule has 0 aromatic heterocycles. The summed E-state index contributed by atoms with van der Waals surface area (Å²) in [4.78, 5) is 10.7. The van der Waals surface area contributed by atoms with E-state index in [9.17, 15) is 4.79 Å². The Kier molecular flexibility index (Phi) is 3.53. The van der Waals surface area contributed by atoms with Gasteiger partial charge in [0.1, 0.15) is 0 Å². The monoisotopic (exact) mass is 171 g/mol. The number of rotatable bonds is 1. The summed E-state index contributed by atoms with van der Waals surface area (Å²) in [6.07, 6.45) is 6.11. The lowest BCUT2D eigenvalue weighted by Gasteiger charge is -2.22. The third kappa shape index (κ3) is 2.48. The van der Waals surface area contributed by atoms with Gasteiger partial charge in [0.2, 0.25) is 0 Å². The maximum absolute atomic E-state index is 10.7. The van der Waals surface area contributed by atoms with Crippen molar-refractivity contribution in [2.24, 2.45) is 11.7 Å². The summed E-state index contributed by atoms with van der Waals surface area (Å²) in [5.74, 6) is -1.02.